The number of amides is 3. The monoisotopic (exact) mass is 412 g/mol. The second-order valence-corrected chi connectivity index (χ2v) is 8.86. The number of hydrogen-bond acceptors (Lipinski definition) is 5. The molecule has 7 nitrogen and oxygen atoms in total. The highest BCUT2D eigenvalue weighted by atomic mass is 32.1. The van der Waals surface area contributed by atoms with Crippen LogP contribution < -0.4 is 15.5 Å². The van der Waals surface area contributed by atoms with Gasteiger partial charge in [-0.05, 0) is 43.7 Å². The van der Waals surface area contributed by atoms with E-state index in [9.17, 15) is 14.4 Å². The van der Waals surface area contributed by atoms with Crippen molar-refractivity contribution in [3.05, 3.63) is 40.4 Å². The van der Waals surface area contributed by atoms with E-state index >= 15 is 0 Å². The Hall–Kier alpha value is -2.74. The molecule has 0 unspecified atom stereocenters. The molecule has 0 bridgehead atoms. The second-order valence-electron chi connectivity index (χ2n) is 7.78. The third-order valence-corrected chi connectivity index (χ3v) is 6.39. The minimum atomic E-state index is -0.685. The van der Waals surface area contributed by atoms with E-state index in [0.29, 0.717) is 16.4 Å². The van der Waals surface area contributed by atoms with Crippen LogP contribution in [0.1, 0.15) is 47.6 Å². The van der Waals surface area contributed by atoms with Crippen LogP contribution in [0.2, 0.25) is 0 Å². The lowest BCUT2D eigenvalue weighted by atomic mass is 10.0. The van der Waals surface area contributed by atoms with E-state index in [0.717, 1.165) is 31.4 Å². The molecule has 0 saturated heterocycles. The van der Waals surface area contributed by atoms with Crippen LogP contribution in [-0.4, -0.2) is 35.3 Å². The summed E-state index contributed by atoms with van der Waals surface area (Å²) in [5, 5.41) is 6.22. The molecule has 29 heavy (non-hydrogen) atoms. The quantitative estimate of drug-likeness (QED) is 0.808. The lowest BCUT2D eigenvalue weighted by Gasteiger charge is -2.26. The molecule has 0 saturated carbocycles. The average molecular weight is 413 g/mol. The number of nitrogens with zero attached hydrogens (tertiary/aromatic N) is 2. The number of carbonyl (C=O) groups excluding carboxylic acids is 3. The Labute approximate surface area is 173 Å². The van der Waals surface area contributed by atoms with Gasteiger partial charge >= 0.3 is 0 Å². The highest BCUT2D eigenvalue weighted by Crippen LogP contribution is 2.30. The first-order chi connectivity index (χ1) is 13.9. The van der Waals surface area contributed by atoms with Gasteiger partial charge in [0.25, 0.3) is 5.91 Å². The first-order valence-electron chi connectivity index (χ1n) is 9.93. The summed E-state index contributed by atoms with van der Waals surface area (Å²) in [6.07, 6.45) is 4.23. The smallest absolute Gasteiger partial charge is 0.254 e. The predicted molar refractivity (Wildman–Crippen MR) is 112 cm³/mol. The van der Waals surface area contributed by atoms with Crippen molar-refractivity contribution >= 4 is 39.9 Å². The van der Waals surface area contributed by atoms with Gasteiger partial charge in [-0.2, -0.15) is 0 Å². The Bertz CT molecular complexity index is 945. The molecule has 2 N–H and O–H groups in total. The lowest BCUT2D eigenvalue weighted by molar-refractivity contribution is -0.123. The first kappa shape index (κ1) is 19.6. The highest BCUT2D eigenvalue weighted by molar-refractivity contribution is 7.15. The van der Waals surface area contributed by atoms with Gasteiger partial charge in [0.15, 0.2) is 5.13 Å². The Kier molecular flexibility index (Phi) is 5.36. The van der Waals surface area contributed by atoms with Gasteiger partial charge in [-0.3, -0.25) is 14.4 Å². The van der Waals surface area contributed by atoms with Crippen molar-refractivity contribution in [2.45, 2.75) is 45.6 Å². The van der Waals surface area contributed by atoms with Crippen LogP contribution in [0.15, 0.2) is 24.3 Å². The largest absolute Gasteiger partial charge is 0.340 e. The van der Waals surface area contributed by atoms with Gasteiger partial charge in [0.1, 0.15) is 12.6 Å². The summed E-state index contributed by atoms with van der Waals surface area (Å²) in [5.74, 6) is -1.01. The van der Waals surface area contributed by atoms with E-state index in [1.54, 1.807) is 24.3 Å². The number of thiazole rings is 1. The molecule has 0 fully saturated rings. The summed E-state index contributed by atoms with van der Waals surface area (Å²) < 4.78 is 0. The summed E-state index contributed by atoms with van der Waals surface area (Å²) in [6, 6.07) is 6.19. The van der Waals surface area contributed by atoms with Crippen LogP contribution in [0.25, 0.3) is 0 Å². The number of aryl methyl sites for hydroxylation is 2. The summed E-state index contributed by atoms with van der Waals surface area (Å²) in [6.45, 7) is 3.58. The molecule has 2 heterocycles. The van der Waals surface area contributed by atoms with E-state index in [1.165, 1.54) is 21.1 Å². The van der Waals surface area contributed by atoms with Gasteiger partial charge in [0.2, 0.25) is 11.8 Å². The van der Waals surface area contributed by atoms with Crippen LogP contribution in [-0.2, 0) is 22.4 Å². The van der Waals surface area contributed by atoms with E-state index in [-0.39, 0.29) is 30.2 Å². The van der Waals surface area contributed by atoms with E-state index in [1.807, 2.05) is 13.8 Å². The van der Waals surface area contributed by atoms with Crippen molar-refractivity contribution in [2.24, 2.45) is 5.92 Å². The number of fused-ring (bicyclic) bond motifs is 2. The second kappa shape index (κ2) is 7.94. The molecule has 2 aromatic rings. The Morgan fingerprint density at radius 1 is 1.28 bits per heavy atom. The number of aromatic nitrogens is 1. The SMILES string of the molecule is CC(C)[C@H]1NC(=O)c2ccccc2N(CC(=O)Nc2nc3c(s2)CCCC3)C1=O. The van der Waals surface area contributed by atoms with Crippen molar-refractivity contribution < 1.29 is 14.4 Å². The summed E-state index contributed by atoms with van der Waals surface area (Å²) in [5.41, 5.74) is 1.91. The first-order valence-corrected chi connectivity index (χ1v) is 10.8. The number of rotatable bonds is 4. The molecule has 4 rings (SSSR count). The zero-order valence-corrected chi connectivity index (χ0v) is 17.3. The molecule has 0 radical (unpaired) electrons. The molecule has 1 aromatic carbocycles. The van der Waals surface area contributed by atoms with Crippen LogP contribution >= 0.6 is 11.3 Å². The third kappa shape index (κ3) is 3.89. The number of nitrogens with one attached hydrogen (secondary N) is 2. The molecular weight excluding hydrogens is 388 g/mol. The summed E-state index contributed by atoms with van der Waals surface area (Å²) >= 11 is 1.51. The molecule has 1 aliphatic carbocycles. The van der Waals surface area contributed by atoms with E-state index < -0.39 is 6.04 Å². The van der Waals surface area contributed by atoms with Crippen molar-refractivity contribution in [1.29, 1.82) is 0 Å². The van der Waals surface area contributed by atoms with Crippen LogP contribution in [0.4, 0.5) is 10.8 Å². The van der Waals surface area contributed by atoms with Gasteiger partial charge in [-0.1, -0.05) is 26.0 Å². The normalized spacial score (nSPS) is 18.7. The predicted octanol–water partition coefficient (Wildman–Crippen LogP) is 2.76. The molecule has 1 aromatic heterocycles. The molecule has 1 atom stereocenters. The number of benzene rings is 1. The van der Waals surface area contributed by atoms with E-state index in [2.05, 4.69) is 15.6 Å². The van der Waals surface area contributed by atoms with Gasteiger partial charge < -0.3 is 15.5 Å². The third-order valence-electron chi connectivity index (χ3n) is 5.32. The minimum Gasteiger partial charge on any atom is -0.340 e. The minimum absolute atomic E-state index is 0.1000. The Morgan fingerprint density at radius 2 is 2.03 bits per heavy atom. The van der Waals surface area contributed by atoms with Crippen LogP contribution in [0, 0.1) is 5.92 Å². The van der Waals surface area contributed by atoms with Crippen molar-refractivity contribution in [3.8, 4) is 0 Å². The zero-order chi connectivity index (χ0) is 20.5. The van der Waals surface area contributed by atoms with E-state index in [4.69, 9.17) is 0 Å². The maximum atomic E-state index is 13.2. The molecule has 8 heteroatoms. The fraction of sp³-hybridized carbons (Fsp3) is 0.429. The zero-order valence-electron chi connectivity index (χ0n) is 16.5. The molecular formula is C21H24N4O3S. The molecule has 1 aliphatic heterocycles. The van der Waals surface area contributed by atoms with Gasteiger partial charge in [-0.15, -0.1) is 11.3 Å². The molecule has 2 aliphatic rings. The van der Waals surface area contributed by atoms with Crippen molar-refractivity contribution in [2.75, 3.05) is 16.8 Å². The number of hydrogen-bond donors (Lipinski definition) is 2. The maximum absolute atomic E-state index is 13.2. The summed E-state index contributed by atoms with van der Waals surface area (Å²) in [4.78, 5) is 45.7. The number of anilines is 2. The highest BCUT2D eigenvalue weighted by Gasteiger charge is 2.36. The van der Waals surface area contributed by atoms with Crippen LogP contribution in [0.3, 0.4) is 0 Å². The van der Waals surface area contributed by atoms with Gasteiger partial charge in [-0.25, -0.2) is 4.98 Å². The molecule has 3 amide bonds. The lowest BCUT2D eigenvalue weighted by Crippen LogP contribution is -2.50. The van der Waals surface area contributed by atoms with Crippen LogP contribution in [0.5, 0.6) is 0 Å². The average Bonchev–Trinajstić information content (AvgIpc) is 3.07. The number of para-hydroxylation sites is 1. The van der Waals surface area contributed by atoms with Gasteiger partial charge in [0, 0.05) is 4.88 Å². The topological polar surface area (TPSA) is 91.4 Å². The molecule has 0 spiro atoms. The van der Waals surface area contributed by atoms with Gasteiger partial charge in [0.05, 0.1) is 16.9 Å². The Morgan fingerprint density at radius 3 is 2.79 bits per heavy atom. The van der Waals surface area contributed by atoms with Crippen molar-refractivity contribution in [1.82, 2.24) is 10.3 Å². The maximum Gasteiger partial charge on any atom is 0.254 e. The molecule has 152 valence electrons. The summed E-state index contributed by atoms with van der Waals surface area (Å²) in [7, 11) is 0. The Balaban J connectivity index is 1.58. The standard InChI is InChI=1S/C21H24N4O3S/c1-12(2)18-20(28)25(15-9-5-3-7-13(15)19(27)24-18)11-17(26)23-21-22-14-8-4-6-10-16(14)29-21/h3,5,7,9,12,18H,4,6,8,10-11H2,1-2H3,(H,24,27)(H,22,23,26)/t18-/m1/s1. The fourth-order valence-electron chi connectivity index (χ4n) is 3.79. The number of carbonyl (C=O) groups is 3. The van der Waals surface area contributed by atoms with Crippen molar-refractivity contribution in [3.63, 3.8) is 0 Å². The fourth-order valence-corrected chi connectivity index (χ4v) is 4.86.